The number of benzene rings is 1. The topological polar surface area (TPSA) is 291 Å². The lowest BCUT2D eigenvalue weighted by Gasteiger charge is -2.07. The molecule has 4 unspecified atom stereocenters. The monoisotopic (exact) mass is 560 g/mol. The Morgan fingerprint density at radius 1 is 0.667 bits per heavy atom. The molecule has 0 aliphatic rings. The molecule has 4 atom stereocenters. The Hall–Kier alpha value is -3.59. The van der Waals surface area contributed by atoms with E-state index >= 15 is 0 Å². The maximum Gasteiger partial charge on any atom is 0.320 e. The van der Waals surface area contributed by atoms with Crippen LogP contribution in [0.25, 0.3) is 0 Å². The second-order valence-corrected chi connectivity index (χ2v) is 9.19. The highest BCUT2D eigenvalue weighted by molar-refractivity contribution is 5.75. The first-order valence-electron chi connectivity index (χ1n) is 12.0. The summed E-state index contributed by atoms with van der Waals surface area (Å²) < 4.78 is 0. The molecule has 1 rings (SSSR count). The molecule has 0 bridgehead atoms. The maximum atomic E-state index is 10.4. The largest absolute Gasteiger partial charge is 0.481 e. The average Bonchev–Trinajstić information content (AvgIpc) is 2.83. The molecule has 14 nitrogen and oxygen atoms in total. The van der Waals surface area contributed by atoms with Gasteiger partial charge in [-0.1, -0.05) is 58.0 Å². The van der Waals surface area contributed by atoms with Crippen molar-refractivity contribution in [1.29, 1.82) is 0 Å². The third-order valence-corrected chi connectivity index (χ3v) is 4.65. The van der Waals surface area contributed by atoms with E-state index in [-0.39, 0.29) is 18.8 Å². The van der Waals surface area contributed by atoms with E-state index in [1.54, 1.807) is 13.8 Å². The molecule has 0 saturated carbocycles. The van der Waals surface area contributed by atoms with E-state index in [0.29, 0.717) is 18.8 Å². The summed E-state index contributed by atoms with van der Waals surface area (Å²) in [5.74, 6) is -4.62. The normalized spacial score (nSPS) is 13.1. The zero-order valence-electron chi connectivity index (χ0n) is 22.8. The van der Waals surface area contributed by atoms with Crippen molar-refractivity contribution in [2.75, 3.05) is 0 Å². The van der Waals surface area contributed by atoms with Gasteiger partial charge in [0.2, 0.25) is 0 Å². The van der Waals surface area contributed by atoms with Crippen LogP contribution in [0.15, 0.2) is 30.3 Å². The molecule has 13 N–H and O–H groups in total. The Morgan fingerprint density at radius 2 is 1.10 bits per heavy atom. The number of hydrogen-bond acceptors (Lipinski definition) is 9. The number of hydrogen-bond donors (Lipinski definition) is 9. The number of carboxylic acids is 5. The zero-order chi connectivity index (χ0) is 31.3. The summed E-state index contributed by atoms with van der Waals surface area (Å²) in [6.45, 7) is 7.45. The van der Waals surface area contributed by atoms with Crippen molar-refractivity contribution in [2.45, 2.75) is 77.5 Å². The molecular formula is C25H44N4O10. The van der Waals surface area contributed by atoms with Gasteiger partial charge in [0.1, 0.15) is 24.2 Å². The Labute approximate surface area is 228 Å². The Kier molecular flexibility index (Phi) is 22.9. The third-order valence-electron chi connectivity index (χ3n) is 4.65. The third kappa shape index (κ3) is 25.8. The lowest BCUT2D eigenvalue weighted by Crippen LogP contribution is -2.34. The van der Waals surface area contributed by atoms with Gasteiger partial charge < -0.3 is 48.5 Å². The molecule has 0 aliphatic carbocycles. The number of carboxylic acid groups (broad SMARTS) is 5. The molecule has 224 valence electrons. The van der Waals surface area contributed by atoms with Gasteiger partial charge in [-0.15, -0.1) is 0 Å². The van der Waals surface area contributed by atoms with Gasteiger partial charge in [0, 0.05) is 6.42 Å². The van der Waals surface area contributed by atoms with Crippen molar-refractivity contribution in [3.8, 4) is 0 Å². The van der Waals surface area contributed by atoms with E-state index < -0.39 is 54.0 Å². The van der Waals surface area contributed by atoms with Crippen LogP contribution in [0.1, 0.15) is 52.5 Å². The van der Waals surface area contributed by atoms with E-state index in [4.69, 9.17) is 48.5 Å². The van der Waals surface area contributed by atoms with Crippen molar-refractivity contribution in [2.24, 2.45) is 34.8 Å². The van der Waals surface area contributed by atoms with Gasteiger partial charge in [-0.2, -0.15) is 0 Å². The van der Waals surface area contributed by atoms with Crippen LogP contribution in [0.4, 0.5) is 0 Å². The maximum absolute atomic E-state index is 10.4. The highest BCUT2D eigenvalue weighted by Crippen LogP contribution is 2.02. The average molecular weight is 561 g/mol. The van der Waals surface area contributed by atoms with Crippen LogP contribution in [0.5, 0.6) is 0 Å². The molecule has 0 aromatic heterocycles. The van der Waals surface area contributed by atoms with Crippen LogP contribution in [0.3, 0.4) is 0 Å². The molecular weight excluding hydrogens is 516 g/mol. The molecule has 1 aromatic rings. The van der Waals surface area contributed by atoms with Gasteiger partial charge in [0.05, 0.1) is 0 Å². The smallest absolute Gasteiger partial charge is 0.320 e. The summed E-state index contributed by atoms with van der Waals surface area (Å²) in [6.07, 6.45) is 0.712. The number of aliphatic carboxylic acids is 5. The second-order valence-electron chi connectivity index (χ2n) is 9.19. The molecule has 1 aromatic carbocycles. The lowest BCUT2D eigenvalue weighted by atomic mass is 10.1. The Morgan fingerprint density at radius 3 is 1.36 bits per heavy atom. The summed E-state index contributed by atoms with van der Waals surface area (Å²) in [6, 6.07) is 6.08. The second kappa shape index (κ2) is 22.4. The molecule has 0 spiro atoms. The first-order valence-corrected chi connectivity index (χ1v) is 12.0. The highest BCUT2D eigenvalue weighted by atomic mass is 16.4. The van der Waals surface area contributed by atoms with Crippen molar-refractivity contribution >= 4 is 29.8 Å². The first kappa shape index (κ1) is 39.9. The SMILES string of the molecule is CC(C)C(N)C(=O)O.CC(C)CC(N)C(=O)O.NC(CCC(=O)O)C(=O)O.NC(Cc1ccccc1)C(=O)O. The fourth-order valence-electron chi connectivity index (χ4n) is 2.25. The molecule has 0 radical (unpaired) electrons. The molecule has 0 heterocycles. The van der Waals surface area contributed by atoms with Crippen molar-refractivity contribution in [1.82, 2.24) is 0 Å². The lowest BCUT2D eigenvalue weighted by molar-refractivity contribution is -0.141. The summed E-state index contributed by atoms with van der Waals surface area (Å²) in [7, 11) is 0. The van der Waals surface area contributed by atoms with Crippen LogP contribution in [-0.4, -0.2) is 79.5 Å². The quantitative estimate of drug-likeness (QED) is 0.167. The number of rotatable bonds is 12. The van der Waals surface area contributed by atoms with Gasteiger partial charge in [-0.25, -0.2) is 0 Å². The molecule has 0 fully saturated rings. The van der Waals surface area contributed by atoms with E-state index in [1.165, 1.54) is 0 Å². The fraction of sp³-hybridized carbons (Fsp3) is 0.560. The van der Waals surface area contributed by atoms with E-state index in [1.807, 2.05) is 44.2 Å². The van der Waals surface area contributed by atoms with Crippen LogP contribution < -0.4 is 22.9 Å². The van der Waals surface area contributed by atoms with Crippen molar-refractivity contribution in [3.05, 3.63) is 35.9 Å². The highest BCUT2D eigenvalue weighted by Gasteiger charge is 2.15. The van der Waals surface area contributed by atoms with Crippen LogP contribution >= 0.6 is 0 Å². The Bertz CT molecular complexity index is 866. The molecule has 39 heavy (non-hydrogen) atoms. The summed E-state index contributed by atoms with van der Waals surface area (Å²) in [4.78, 5) is 50.4. The van der Waals surface area contributed by atoms with Crippen molar-refractivity contribution < 1.29 is 49.5 Å². The van der Waals surface area contributed by atoms with Gasteiger partial charge in [-0.05, 0) is 36.7 Å². The zero-order valence-corrected chi connectivity index (χ0v) is 22.8. The molecule has 14 heteroatoms. The molecule has 0 aliphatic heterocycles. The minimum absolute atomic E-state index is 0.0208. The van der Waals surface area contributed by atoms with Crippen LogP contribution in [0.2, 0.25) is 0 Å². The predicted octanol–water partition coefficient (Wildman–Crippen LogP) is 0.403. The van der Waals surface area contributed by atoms with Gasteiger partial charge in [0.25, 0.3) is 0 Å². The summed E-state index contributed by atoms with van der Waals surface area (Å²) in [5.41, 5.74) is 21.7. The molecule has 0 saturated heterocycles. The number of carbonyl (C=O) groups is 5. The number of nitrogens with two attached hydrogens (primary N) is 4. The van der Waals surface area contributed by atoms with Crippen molar-refractivity contribution in [3.63, 3.8) is 0 Å². The van der Waals surface area contributed by atoms with E-state index in [2.05, 4.69) is 0 Å². The summed E-state index contributed by atoms with van der Waals surface area (Å²) in [5, 5.41) is 41.3. The van der Waals surface area contributed by atoms with Crippen LogP contribution in [0, 0.1) is 11.8 Å². The Balaban J connectivity index is -0.000000449. The van der Waals surface area contributed by atoms with Gasteiger partial charge >= 0.3 is 29.8 Å². The van der Waals surface area contributed by atoms with Gasteiger partial charge in [-0.3, -0.25) is 24.0 Å². The minimum atomic E-state index is -1.17. The van der Waals surface area contributed by atoms with Gasteiger partial charge in [0.15, 0.2) is 0 Å². The van der Waals surface area contributed by atoms with E-state index in [9.17, 15) is 24.0 Å². The first-order chi connectivity index (χ1) is 17.8. The van der Waals surface area contributed by atoms with E-state index in [0.717, 1.165) is 5.56 Å². The minimum Gasteiger partial charge on any atom is -0.481 e. The fourth-order valence-corrected chi connectivity index (χ4v) is 2.25. The summed E-state index contributed by atoms with van der Waals surface area (Å²) >= 11 is 0. The standard InChI is InChI=1S/C9H11NO2.C6H13NO2.C5H9NO4.C5H11NO2/c10-8(9(11)12)6-7-4-2-1-3-5-7;1-4(2)3-5(7)6(8)9;6-3(5(9)10)1-2-4(7)8;1-3(2)4(6)5(7)8/h1-5,8H,6,10H2,(H,11,12);4-5H,3,7H2,1-2H3,(H,8,9);3H,1-2,6H2,(H,7,8)(H,9,10);3-4H,6H2,1-2H3,(H,7,8). The van der Waals surface area contributed by atoms with Crippen LogP contribution in [-0.2, 0) is 30.4 Å². The molecule has 0 amide bonds. The predicted molar refractivity (Wildman–Crippen MR) is 144 cm³/mol.